The summed E-state index contributed by atoms with van der Waals surface area (Å²) in [6.45, 7) is 4.24. The molecule has 0 radical (unpaired) electrons. The molecule has 0 saturated carbocycles. The number of ether oxygens (including phenoxy) is 1. The zero-order valence-corrected chi connectivity index (χ0v) is 25.7. The summed E-state index contributed by atoms with van der Waals surface area (Å²) in [6.07, 6.45) is 0.585. The third-order valence-electron chi connectivity index (χ3n) is 7.29. The van der Waals surface area contributed by atoms with Gasteiger partial charge in [-0.3, -0.25) is 4.79 Å². The Morgan fingerprint density at radius 2 is 1.51 bits per heavy atom. The lowest BCUT2D eigenvalue weighted by Crippen LogP contribution is -2.51. The molecule has 0 spiro atoms. The number of aliphatic hydroxyl groups excluding tert-OH is 1. The highest BCUT2D eigenvalue weighted by atomic mass is 32.2. The smallest absolute Gasteiger partial charge is 0.251 e. The molecule has 0 unspecified atom stereocenters. The molecule has 0 bridgehead atoms. The highest BCUT2D eigenvalue weighted by Crippen LogP contribution is 2.29. The summed E-state index contributed by atoms with van der Waals surface area (Å²) < 4.78 is 32.1. The molecule has 0 fully saturated rings. The predicted molar refractivity (Wildman–Crippen MR) is 171 cm³/mol. The summed E-state index contributed by atoms with van der Waals surface area (Å²) in [4.78, 5) is 13.6. The van der Waals surface area contributed by atoms with Crippen LogP contribution in [0.15, 0.2) is 109 Å². The van der Waals surface area contributed by atoms with Gasteiger partial charge in [0.25, 0.3) is 5.91 Å². The summed E-state index contributed by atoms with van der Waals surface area (Å²) in [5.41, 5.74) is 2.54. The fourth-order valence-corrected chi connectivity index (χ4v) is 5.89. The van der Waals surface area contributed by atoms with Gasteiger partial charge in [0.1, 0.15) is 5.75 Å². The molecular weight excluding hydrogens is 562 g/mol. The molecule has 8 nitrogen and oxygen atoms in total. The molecular formula is C34H39N3O5S. The van der Waals surface area contributed by atoms with Gasteiger partial charge in [-0.2, -0.15) is 0 Å². The Balaban J connectivity index is 1.56. The van der Waals surface area contributed by atoms with Crippen LogP contribution in [0.4, 0.5) is 11.4 Å². The van der Waals surface area contributed by atoms with Crippen molar-refractivity contribution in [3.63, 3.8) is 0 Å². The number of nitrogens with one attached hydrogen (secondary N) is 2. The van der Waals surface area contributed by atoms with E-state index in [4.69, 9.17) is 4.74 Å². The number of sulfonamides is 1. The zero-order chi connectivity index (χ0) is 31.0. The van der Waals surface area contributed by atoms with E-state index in [1.54, 1.807) is 61.7 Å². The minimum Gasteiger partial charge on any atom is -0.497 e. The van der Waals surface area contributed by atoms with Crippen LogP contribution < -0.4 is 19.7 Å². The van der Waals surface area contributed by atoms with Crippen molar-refractivity contribution >= 4 is 27.3 Å². The summed E-state index contributed by atoms with van der Waals surface area (Å²) in [5, 5.41) is 17.8. The number of benzene rings is 4. The van der Waals surface area contributed by atoms with E-state index in [1.807, 2.05) is 68.4 Å². The molecule has 0 saturated heterocycles. The van der Waals surface area contributed by atoms with Crippen LogP contribution in [0.5, 0.6) is 5.75 Å². The molecule has 0 aliphatic heterocycles. The standard InChI is InChI=1S/C34H39N3O5S/c1-34(2,27-16-12-20-30(23-27)42-3)35-24-32(38)31(21-25-13-7-5-8-14-25)36-33(39)26-15-11-19-29(22-26)37(43(4,40)41)28-17-9-6-10-18-28/h5-20,22-23,31-32,35,38H,21,24H2,1-4H3,(H,36,39)/t31-,32+/m0/s1. The van der Waals surface area contributed by atoms with E-state index in [2.05, 4.69) is 10.6 Å². The Bertz CT molecular complexity index is 1610. The molecule has 4 aromatic carbocycles. The second-order valence-corrected chi connectivity index (χ2v) is 12.8. The van der Waals surface area contributed by atoms with E-state index < -0.39 is 33.6 Å². The van der Waals surface area contributed by atoms with Gasteiger partial charge in [-0.15, -0.1) is 0 Å². The third-order valence-corrected chi connectivity index (χ3v) is 8.37. The van der Waals surface area contributed by atoms with Gasteiger partial charge in [-0.25, -0.2) is 12.7 Å². The summed E-state index contributed by atoms with van der Waals surface area (Å²) in [5.74, 6) is 0.321. The Hall–Kier alpha value is -4.18. The van der Waals surface area contributed by atoms with E-state index in [9.17, 15) is 18.3 Å². The number of hydrogen-bond donors (Lipinski definition) is 3. The van der Waals surface area contributed by atoms with Crippen molar-refractivity contribution < 1.29 is 23.1 Å². The Labute approximate surface area is 254 Å². The molecule has 4 rings (SSSR count). The second-order valence-electron chi connectivity index (χ2n) is 11.0. The van der Waals surface area contributed by atoms with E-state index in [0.717, 1.165) is 23.1 Å². The van der Waals surface area contributed by atoms with Gasteiger partial charge in [-0.1, -0.05) is 66.7 Å². The fourth-order valence-electron chi connectivity index (χ4n) is 4.89. The van der Waals surface area contributed by atoms with E-state index >= 15 is 0 Å². The average molecular weight is 602 g/mol. The van der Waals surface area contributed by atoms with E-state index in [1.165, 1.54) is 4.31 Å². The van der Waals surface area contributed by atoms with Gasteiger partial charge in [0, 0.05) is 17.6 Å². The van der Waals surface area contributed by atoms with Crippen molar-refractivity contribution in [2.24, 2.45) is 0 Å². The van der Waals surface area contributed by atoms with Crippen molar-refractivity contribution in [1.29, 1.82) is 0 Å². The van der Waals surface area contributed by atoms with Gasteiger partial charge >= 0.3 is 0 Å². The number of aliphatic hydroxyl groups is 1. The first-order valence-corrected chi connectivity index (χ1v) is 15.9. The maximum atomic E-state index is 13.6. The number of amides is 1. The van der Waals surface area contributed by atoms with Crippen molar-refractivity contribution in [1.82, 2.24) is 10.6 Å². The van der Waals surface area contributed by atoms with Crippen LogP contribution in [0.1, 0.15) is 35.3 Å². The SMILES string of the molecule is COc1cccc(C(C)(C)NC[C@@H](O)[C@H](Cc2ccccc2)NC(=O)c2cccc(N(c3ccccc3)S(C)(=O)=O)c2)c1. The Morgan fingerprint density at radius 1 is 0.884 bits per heavy atom. The van der Waals surface area contributed by atoms with Crippen LogP contribution in [-0.2, 0) is 22.0 Å². The number of carbonyl (C=O) groups is 1. The zero-order valence-electron chi connectivity index (χ0n) is 24.9. The van der Waals surface area contributed by atoms with Crippen LogP contribution >= 0.6 is 0 Å². The van der Waals surface area contributed by atoms with Crippen LogP contribution in [-0.4, -0.2) is 51.5 Å². The van der Waals surface area contributed by atoms with Crippen LogP contribution in [0, 0.1) is 0 Å². The minimum absolute atomic E-state index is 0.206. The average Bonchev–Trinajstić information content (AvgIpc) is 3.00. The highest BCUT2D eigenvalue weighted by Gasteiger charge is 2.27. The van der Waals surface area contributed by atoms with Gasteiger partial charge in [0.2, 0.25) is 10.0 Å². The molecule has 3 N–H and O–H groups in total. The third kappa shape index (κ3) is 8.44. The minimum atomic E-state index is -3.69. The Kier molecular flexibility index (Phi) is 10.2. The topological polar surface area (TPSA) is 108 Å². The number of rotatable bonds is 13. The summed E-state index contributed by atoms with van der Waals surface area (Å²) in [7, 11) is -2.07. The predicted octanol–water partition coefficient (Wildman–Crippen LogP) is 5.02. The van der Waals surface area contributed by atoms with Crippen molar-refractivity contribution in [2.45, 2.75) is 38.0 Å². The quantitative estimate of drug-likeness (QED) is 0.199. The lowest BCUT2D eigenvalue weighted by molar-refractivity contribution is 0.0813. The number of methoxy groups -OCH3 is 1. The maximum Gasteiger partial charge on any atom is 0.251 e. The molecule has 226 valence electrons. The van der Waals surface area contributed by atoms with E-state index in [0.29, 0.717) is 17.8 Å². The van der Waals surface area contributed by atoms with Crippen molar-refractivity contribution in [3.8, 4) is 5.75 Å². The maximum absolute atomic E-state index is 13.6. The first-order valence-electron chi connectivity index (χ1n) is 14.1. The largest absolute Gasteiger partial charge is 0.497 e. The van der Waals surface area contributed by atoms with E-state index in [-0.39, 0.29) is 12.1 Å². The summed E-state index contributed by atoms with van der Waals surface area (Å²) >= 11 is 0. The first-order chi connectivity index (χ1) is 20.5. The molecule has 0 aliphatic carbocycles. The lowest BCUT2D eigenvalue weighted by Gasteiger charge is -2.31. The molecule has 9 heteroatoms. The molecule has 2 atom stereocenters. The van der Waals surface area contributed by atoms with Gasteiger partial charge in [0.15, 0.2) is 0 Å². The first kappa shape index (κ1) is 31.7. The molecule has 43 heavy (non-hydrogen) atoms. The van der Waals surface area contributed by atoms with Gasteiger partial charge in [0.05, 0.1) is 36.9 Å². The molecule has 0 aromatic heterocycles. The fraction of sp³-hybridized carbons (Fsp3) is 0.265. The monoisotopic (exact) mass is 601 g/mol. The highest BCUT2D eigenvalue weighted by molar-refractivity contribution is 7.92. The number of nitrogens with zero attached hydrogens (tertiary/aromatic N) is 1. The van der Waals surface area contributed by atoms with Crippen molar-refractivity contribution in [3.05, 3.63) is 126 Å². The van der Waals surface area contributed by atoms with Crippen LogP contribution in [0.25, 0.3) is 0 Å². The summed E-state index contributed by atoms with van der Waals surface area (Å²) in [6, 6.07) is 31.9. The molecule has 0 aliphatic rings. The Morgan fingerprint density at radius 3 is 2.16 bits per heavy atom. The second kappa shape index (κ2) is 13.9. The number of hydrogen-bond acceptors (Lipinski definition) is 6. The van der Waals surface area contributed by atoms with Gasteiger partial charge in [-0.05, 0) is 73.9 Å². The van der Waals surface area contributed by atoms with Crippen LogP contribution in [0.3, 0.4) is 0 Å². The number of para-hydroxylation sites is 1. The van der Waals surface area contributed by atoms with Crippen LogP contribution in [0.2, 0.25) is 0 Å². The number of anilines is 2. The lowest BCUT2D eigenvalue weighted by atomic mass is 9.93. The molecule has 1 amide bonds. The van der Waals surface area contributed by atoms with Gasteiger partial charge < -0.3 is 20.5 Å². The number of carbonyl (C=O) groups excluding carboxylic acids is 1. The molecule has 0 heterocycles. The van der Waals surface area contributed by atoms with Crippen molar-refractivity contribution in [2.75, 3.05) is 24.2 Å². The molecule has 4 aromatic rings. The normalized spacial score (nSPS) is 13.1.